The van der Waals surface area contributed by atoms with Crippen LogP contribution in [0.3, 0.4) is 0 Å². The third kappa shape index (κ3) is 2.65. The van der Waals surface area contributed by atoms with Crippen molar-refractivity contribution in [2.24, 2.45) is 5.92 Å². The van der Waals surface area contributed by atoms with Crippen molar-refractivity contribution < 1.29 is 4.79 Å². The zero-order valence-corrected chi connectivity index (χ0v) is 13.6. The number of hydrogen-bond donors (Lipinski definition) is 0. The lowest BCUT2D eigenvalue weighted by Gasteiger charge is -2.44. The Balaban J connectivity index is 1.73. The fraction of sp³-hybridized carbons (Fsp3) is 0.733. The lowest BCUT2D eigenvalue weighted by atomic mass is 9.78. The van der Waals surface area contributed by atoms with Gasteiger partial charge in [-0.2, -0.15) is 0 Å². The molecule has 0 radical (unpaired) electrons. The van der Waals surface area contributed by atoms with Crippen LogP contribution in [0.15, 0.2) is 10.8 Å². The van der Waals surface area contributed by atoms with Crippen LogP contribution in [0.4, 0.5) is 0 Å². The van der Waals surface area contributed by atoms with Crippen LogP contribution in [0.2, 0.25) is 0 Å². The number of fused-ring (bicyclic) bond motifs is 1. The van der Waals surface area contributed by atoms with E-state index in [0.29, 0.717) is 12.6 Å². The number of likely N-dealkylation sites (tertiary alicyclic amines) is 1. The van der Waals surface area contributed by atoms with Crippen molar-refractivity contribution in [2.75, 3.05) is 6.54 Å². The maximum Gasteiger partial charge on any atom is 0.242 e. The maximum atomic E-state index is 12.7. The molecule has 4 nitrogen and oxygen atoms in total. The fourth-order valence-electron chi connectivity index (χ4n) is 3.79. The van der Waals surface area contributed by atoms with Crippen molar-refractivity contribution in [3.63, 3.8) is 0 Å². The predicted molar refractivity (Wildman–Crippen MR) is 81.4 cm³/mol. The van der Waals surface area contributed by atoms with Crippen molar-refractivity contribution in [3.8, 4) is 0 Å². The molecule has 1 aliphatic carbocycles. The van der Waals surface area contributed by atoms with Crippen molar-refractivity contribution in [1.29, 1.82) is 0 Å². The molecule has 20 heavy (non-hydrogen) atoms. The average molecular weight is 340 g/mol. The van der Waals surface area contributed by atoms with Gasteiger partial charge in [0.2, 0.25) is 5.91 Å². The van der Waals surface area contributed by atoms with E-state index in [-0.39, 0.29) is 5.91 Å². The Morgan fingerprint density at radius 3 is 2.85 bits per heavy atom. The minimum atomic E-state index is 0.253. The number of imidazole rings is 1. The van der Waals surface area contributed by atoms with E-state index >= 15 is 0 Å². The lowest BCUT2D eigenvalue weighted by molar-refractivity contribution is -0.138. The minimum Gasteiger partial charge on any atom is -0.338 e. The molecule has 1 aromatic rings. The summed E-state index contributed by atoms with van der Waals surface area (Å²) in [6, 6.07) is 0.493. The van der Waals surface area contributed by atoms with Crippen LogP contribution in [0, 0.1) is 12.8 Å². The van der Waals surface area contributed by atoms with Crippen LogP contribution >= 0.6 is 15.9 Å². The summed E-state index contributed by atoms with van der Waals surface area (Å²) in [6.45, 7) is 3.29. The summed E-state index contributed by atoms with van der Waals surface area (Å²) in [4.78, 5) is 19.1. The highest BCUT2D eigenvalue weighted by Gasteiger charge is 2.35. The number of halogens is 1. The number of carbonyl (C=O) groups excluding carboxylic acids is 1. The first-order valence-electron chi connectivity index (χ1n) is 7.64. The molecule has 1 amide bonds. The number of nitrogens with zero attached hydrogens (tertiary/aromatic N) is 3. The first kappa shape index (κ1) is 14.1. The Morgan fingerprint density at radius 2 is 2.10 bits per heavy atom. The van der Waals surface area contributed by atoms with Crippen LogP contribution in [0.1, 0.15) is 44.3 Å². The Morgan fingerprint density at radius 1 is 1.35 bits per heavy atom. The monoisotopic (exact) mass is 339 g/mol. The lowest BCUT2D eigenvalue weighted by Crippen LogP contribution is -2.50. The van der Waals surface area contributed by atoms with Gasteiger partial charge in [-0.1, -0.05) is 12.8 Å². The number of aromatic nitrogens is 2. The van der Waals surface area contributed by atoms with E-state index < -0.39 is 0 Å². The normalized spacial score (nSPS) is 26.4. The molecule has 2 fully saturated rings. The highest BCUT2D eigenvalue weighted by molar-refractivity contribution is 9.10. The van der Waals surface area contributed by atoms with E-state index in [0.717, 1.165) is 29.3 Å². The molecular formula is C15H22BrN3O. The first-order valence-corrected chi connectivity index (χ1v) is 8.43. The van der Waals surface area contributed by atoms with Crippen LogP contribution < -0.4 is 0 Å². The molecule has 2 aliphatic rings. The third-order valence-electron chi connectivity index (χ3n) is 4.86. The SMILES string of the molecule is Cc1ncc(Br)n1CC(=O)N1CCCC2CCCCC21. The van der Waals surface area contributed by atoms with E-state index in [9.17, 15) is 4.79 Å². The van der Waals surface area contributed by atoms with Gasteiger partial charge in [0.1, 0.15) is 17.0 Å². The Hall–Kier alpha value is -0.840. The highest BCUT2D eigenvalue weighted by Crippen LogP contribution is 2.35. The molecule has 0 aromatic carbocycles. The summed E-state index contributed by atoms with van der Waals surface area (Å²) in [7, 11) is 0. The smallest absolute Gasteiger partial charge is 0.242 e. The number of rotatable bonds is 2. The molecule has 2 unspecified atom stereocenters. The molecule has 0 spiro atoms. The van der Waals surface area contributed by atoms with Crippen molar-refractivity contribution >= 4 is 21.8 Å². The summed E-state index contributed by atoms with van der Waals surface area (Å²) < 4.78 is 2.84. The largest absolute Gasteiger partial charge is 0.338 e. The van der Waals surface area contributed by atoms with E-state index in [1.54, 1.807) is 6.20 Å². The molecule has 1 saturated heterocycles. The molecule has 2 atom stereocenters. The summed E-state index contributed by atoms with van der Waals surface area (Å²) in [5, 5.41) is 0. The number of hydrogen-bond acceptors (Lipinski definition) is 2. The number of piperidine rings is 1. The second kappa shape index (κ2) is 5.88. The molecular weight excluding hydrogens is 318 g/mol. The summed E-state index contributed by atoms with van der Waals surface area (Å²) in [6.07, 6.45) is 9.36. The molecule has 5 heteroatoms. The quantitative estimate of drug-likeness (QED) is 0.830. The highest BCUT2D eigenvalue weighted by atomic mass is 79.9. The zero-order chi connectivity index (χ0) is 14.1. The first-order chi connectivity index (χ1) is 9.66. The van der Waals surface area contributed by atoms with Crippen molar-refractivity contribution in [3.05, 3.63) is 16.6 Å². The molecule has 0 N–H and O–H groups in total. The van der Waals surface area contributed by atoms with E-state index in [2.05, 4.69) is 25.8 Å². The standard InChI is InChI=1S/C15H22BrN3O/c1-11-17-9-14(16)19(11)10-15(20)18-8-4-6-12-5-2-3-7-13(12)18/h9,12-13H,2-8,10H2,1H3. The third-order valence-corrected chi connectivity index (χ3v) is 5.50. The average Bonchev–Trinajstić information content (AvgIpc) is 2.78. The molecule has 2 heterocycles. The van der Waals surface area contributed by atoms with E-state index in [4.69, 9.17) is 0 Å². The summed E-state index contributed by atoms with van der Waals surface area (Å²) in [5.74, 6) is 1.89. The number of amides is 1. The van der Waals surface area contributed by atoms with Crippen molar-refractivity contribution in [1.82, 2.24) is 14.5 Å². The molecule has 1 aromatic heterocycles. The molecule has 1 aliphatic heterocycles. The topological polar surface area (TPSA) is 38.1 Å². The second-order valence-corrected chi connectivity index (χ2v) is 6.87. The Labute approximate surface area is 128 Å². The zero-order valence-electron chi connectivity index (χ0n) is 12.0. The molecule has 3 rings (SSSR count). The van der Waals surface area contributed by atoms with Crippen LogP contribution in [0.5, 0.6) is 0 Å². The van der Waals surface area contributed by atoms with E-state index in [1.807, 2.05) is 11.5 Å². The fourth-order valence-corrected chi connectivity index (χ4v) is 4.28. The summed E-state index contributed by atoms with van der Waals surface area (Å²) in [5.41, 5.74) is 0. The Kier molecular flexibility index (Phi) is 4.15. The molecule has 0 bridgehead atoms. The van der Waals surface area contributed by atoms with Gasteiger partial charge in [0.05, 0.1) is 6.20 Å². The van der Waals surface area contributed by atoms with Gasteiger partial charge in [-0.05, 0) is 54.5 Å². The van der Waals surface area contributed by atoms with Gasteiger partial charge in [-0.25, -0.2) is 4.98 Å². The van der Waals surface area contributed by atoms with E-state index in [1.165, 1.54) is 32.1 Å². The molecule has 1 saturated carbocycles. The van der Waals surface area contributed by atoms with Gasteiger partial charge in [0.15, 0.2) is 0 Å². The van der Waals surface area contributed by atoms with Gasteiger partial charge in [0, 0.05) is 12.6 Å². The van der Waals surface area contributed by atoms with Crippen LogP contribution in [0.25, 0.3) is 0 Å². The van der Waals surface area contributed by atoms with Crippen LogP contribution in [-0.2, 0) is 11.3 Å². The Bertz CT molecular complexity index is 478. The second-order valence-electron chi connectivity index (χ2n) is 6.06. The minimum absolute atomic E-state index is 0.253. The van der Waals surface area contributed by atoms with Gasteiger partial charge >= 0.3 is 0 Å². The van der Waals surface area contributed by atoms with Gasteiger partial charge in [-0.15, -0.1) is 0 Å². The summed E-state index contributed by atoms with van der Waals surface area (Å²) >= 11 is 3.47. The van der Waals surface area contributed by atoms with Gasteiger partial charge in [-0.3, -0.25) is 4.79 Å². The number of carbonyl (C=O) groups is 1. The van der Waals surface area contributed by atoms with Crippen molar-refractivity contribution in [2.45, 2.75) is 58.0 Å². The van der Waals surface area contributed by atoms with Gasteiger partial charge in [0.25, 0.3) is 0 Å². The van der Waals surface area contributed by atoms with Crippen LogP contribution in [-0.4, -0.2) is 32.9 Å². The van der Waals surface area contributed by atoms with Gasteiger partial charge < -0.3 is 9.47 Å². The predicted octanol–water partition coefficient (Wildman–Crippen LogP) is 3.14. The number of aryl methyl sites for hydroxylation is 1. The molecule has 110 valence electrons. The maximum absolute atomic E-state index is 12.7.